The van der Waals surface area contributed by atoms with Crippen molar-refractivity contribution in [3.05, 3.63) is 93.0 Å². The Morgan fingerprint density at radius 1 is 0.611 bits per heavy atom. The van der Waals surface area contributed by atoms with Crippen LogP contribution in [-0.2, 0) is 23.7 Å². The highest BCUT2D eigenvalue weighted by Crippen LogP contribution is 2.40. The van der Waals surface area contributed by atoms with Crippen LogP contribution < -0.4 is 0 Å². The van der Waals surface area contributed by atoms with Crippen LogP contribution in [-0.4, -0.2) is 10.2 Å². The molecule has 3 aromatic rings. The molecule has 2 atom stereocenters. The van der Waals surface area contributed by atoms with Crippen LogP contribution in [0.2, 0.25) is 0 Å². The van der Waals surface area contributed by atoms with Crippen LogP contribution in [0.15, 0.2) is 48.5 Å². The molecular weight excluding hydrogens is 440 g/mol. The second-order valence-corrected chi connectivity index (χ2v) is 13.0. The number of aromatic hydroxyl groups is 2. The maximum atomic E-state index is 11.1. The summed E-state index contributed by atoms with van der Waals surface area (Å²) in [5.41, 5.74) is 8.80. The van der Waals surface area contributed by atoms with Gasteiger partial charge in [0, 0.05) is 0 Å². The quantitative estimate of drug-likeness (QED) is 0.365. The topological polar surface area (TPSA) is 40.5 Å². The summed E-state index contributed by atoms with van der Waals surface area (Å²) in [5, 5.41) is 22.2. The fourth-order valence-electron chi connectivity index (χ4n) is 5.32. The molecule has 2 N–H and O–H groups in total. The highest BCUT2D eigenvalue weighted by atomic mass is 16.3. The van der Waals surface area contributed by atoms with Crippen LogP contribution in [0.3, 0.4) is 0 Å². The lowest BCUT2D eigenvalue weighted by Gasteiger charge is -2.25. The van der Waals surface area contributed by atoms with Gasteiger partial charge < -0.3 is 10.2 Å². The van der Waals surface area contributed by atoms with E-state index in [1.807, 2.05) is 0 Å². The predicted octanol–water partition coefficient (Wildman–Crippen LogP) is 9.00. The van der Waals surface area contributed by atoms with Crippen LogP contribution in [0, 0.1) is 13.8 Å². The zero-order valence-corrected chi connectivity index (χ0v) is 24.1. The molecule has 0 aromatic heterocycles. The summed E-state index contributed by atoms with van der Waals surface area (Å²) in [4.78, 5) is 0. The summed E-state index contributed by atoms with van der Waals surface area (Å²) in [5.74, 6) is 1.28. The summed E-state index contributed by atoms with van der Waals surface area (Å²) in [7, 11) is 0. The summed E-state index contributed by atoms with van der Waals surface area (Å²) < 4.78 is 0. The van der Waals surface area contributed by atoms with Crippen LogP contribution >= 0.6 is 0 Å². The summed E-state index contributed by atoms with van der Waals surface area (Å²) in [6.45, 7) is 21.5. The Bertz CT molecular complexity index is 1130. The van der Waals surface area contributed by atoms with Crippen molar-refractivity contribution < 1.29 is 10.2 Å². The van der Waals surface area contributed by atoms with Gasteiger partial charge in [-0.05, 0) is 82.7 Å². The number of hydrogen-bond donors (Lipinski definition) is 2. The maximum Gasteiger partial charge on any atom is 0.122 e. The van der Waals surface area contributed by atoms with Crippen molar-refractivity contribution in [3.8, 4) is 11.5 Å². The number of rotatable bonds is 6. The van der Waals surface area contributed by atoms with Crippen molar-refractivity contribution in [2.75, 3.05) is 0 Å². The van der Waals surface area contributed by atoms with Crippen LogP contribution in [0.1, 0.15) is 112 Å². The van der Waals surface area contributed by atoms with E-state index >= 15 is 0 Å². The lowest BCUT2D eigenvalue weighted by Crippen LogP contribution is -2.13. The zero-order chi connectivity index (χ0) is 27.0. The van der Waals surface area contributed by atoms with Gasteiger partial charge in [-0.2, -0.15) is 0 Å². The molecule has 0 aliphatic heterocycles. The monoisotopic (exact) mass is 486 g/mol. The fourth-order valence-corrected chi connectivity index (χ4v) is 5.32. The highest BCUT2D eigenvalue weighted by Gasteiger charge is 2.24. The van der Waals surface area contributed by atoms with E-state index in [4.69, 9.17) is 0 Å². The second-order valence-electron chi connectivity index (χ2n) is 13.0. The summed E-state index contributed by atoms with van der Waals surface area (Å²) in [6.07, 6.45) is 1.74. The van der Waals surface area contributed by atoms with Gasteiger partial charge in [-0.1, -0.05) is 115 Å². The molecule has 0 spiro atoms. The SMILES string of the molecule is Cc1cc(C(C)Cc2cccc(CC(C)c3cc(C)cc(C(C)(C)C)c3O)c2)c(O)c(C(C)(C)C)c1. The molecule has 194 valence electrons. The molecule has 2 nitrogen and oxygen atoms in total. The maximum absolute atomic E-state index is 11.1. The Balaban J connectivity index is 1.84. The second kappa shape index (κ2) is 10.3. The number of benzene rings is 3. The van der Waals surface area contributed by atoms with Crippen molar-refractivity contribution in [2.24, 2.45) is 0 Å². The Morgan fingerprint density at radius 2 is 0.972 bits per heavy atom. The van der Waals surface area contributed by atoms with E-state index in [1.54, 1.807) is 0 Å². The van der Waals surface area contributed by atoms with E-state index < -0.39 is 0 Å². The van der Waals surface area contributed by atoms with E-state index in [-0.39, 0.29) is 22.7 Å². The molecule has 0 radical (unpaired) electrons. The predicted molar refractivity (Wildman–Crippen MR) is 154 cm³/mol. The van der Waals surface area contributed by atoms with Crippen LogP contribution in [0.25, 0.3) is 0 Å². The van der Waals surface area contributed by atoms with Gasteiger partial charge in [0.25, 0.3) is 0 Å². The number of hydrogen-bond acceptors (Lipinski definition) is 2. The average molecular weight is 487 g/mol. The zero-order valence-electron chi connectivity index (χ0n) is 24.1. The minimum absolute atomic E-state index is 0.102. The number of phenolic OH excluding ortho intramolecular Hbond substituents is 2. The third-order valence-electron chi connectivity index (χ3n) is 7.32. The van der Waals surface area contributed by atoms with Crippen molar-refractivity contribution >= 4 is 0 Å². The van der Waals surface area contributed by atoms with Crippen molar-refractivity contribution in [1.29, 1.82) is 0 Å². The van der Waals surface area contributed by atoms with E-state index in [9.17, 15) is 10.2 Å². The van der Waals surface area contributed by atoms with Gasteiger partial charge in [0.05, 0.1) is 0 Å². The van der Waals surface area contributed by atoms with E-state index in [0.717, 1.165) is 35.1 Å². The highest BCUT2D eigenvalue weighted by molar-refractivity contribution is 5.50. The van der Waals surface area contributed by atoms with Crippen LogP contribution in [0.5, 0.6) is 11.5 Å². The fraction of sp³-hybridized carbons (Fsp3) is 0.471. The third-order valence-corrected chi connectivity index (χ3v) is 7.32. The van der Waals surface area contributed by atoms with Gasteiger partial charge in [-0.15, -0.1) is 0 Å². The number of phenols is 2. The molecule has 0 amide bonds. The Hall–Kier alpha value is -2.74. The lowest BCUT2D eigenvalue weighted by molar-refractivity contribution is 0.435. The lowest BCUT2D eigenvalue weighted by atomic mass is 9.81. The average Bonchev–Trinajstić information content (AvgIpc) is 2.75. The Labute approximate surface area is 219 Å². The molecule has 2 unspecified atom stereocenters. The van der Waals surface area contributed by atoms with Crippen molar-refractivity contribution in [3.63, 3.8) is 0 Å². The third kappa shape index (κ3) is 6.33. The van der Waals surface area contributed by atoms with Gasteiger partial charge in [-0.3, -0.25) is 0 Å². The molecule has 0 heterocycles. The van der Waals surface area contributed by atoms with E-state index in [2.05, 4.69) is 118 Å². The Morgan fingerprint density at radius 3 is 1.31 bits per heavy atom. The largest absolute Gasteiger partial charge is 0.507 e. The first-order valence-electron chi connectivity index (χ1n) is 13.3. The minimum Gasteiger partial charge on any atom is -0.507 e. The van der Waals surface area contributed by atoms with Crippen LogP contribution in [0.4, 0.5) is 0 Å². The normalized spacial score (nSPS) is 14.1. The molecular formula is C34H46O2. The minimum atomic E-state index is -0.102. The first kappa shape index (κ1) is 27.8. The summed E-state index contributed by atoms with van der Waals surface area (Å²) >= 11 is 0. The molecule has 3 rings (SSSR count). The van der Waals surface area contributed by atoms with E-state index in [0.29, 0.717) is 11.5 Å². The molecule has 0 saturated heterocycles. The molecule has 36 heavy (non-hydrogen) atoms. The van der Waals surface area contributed by atoms with E-state index in [1.165, 1.54) is 22.3 Å². The smallest absolute Gasteiger partial charge is 0.122 e. The standard InChI is InChI=1S/C34H46O2/c1-21-14-27(31(35)29(16-21)33(5,6)7)23(3)18-25-12-11-13-26(20-25)19-24(4)28-15-22(2)17-30(32(28)36)34(8,9)10/h11-17,20,23-24,35-36H,18-19H2,1-10H3. The van der Waals surface area contributed by atoms with Gasteiger partial charge in [0.1, 0.15) is 11.5 Å². The molecule has 0 saturated carbocycles. The van der Waals surface area contributed by atoms with Crippen molar-refractivity contribution in [2.45, 2.75) is 105 Å². The first-order chi connectivity index (χ1) is 16.6. The molecule has 3 aromatic carbocycles. The number of aryl methyl sites for hydroxylation is 2. The van der Waals surface area contributed by atoms with Gasteiger partial charge in [-0.25, -0.2) is 0 Å². The molecule has 2 heteroatoms. The molecule has 0 bridgehead atoms. The Kier molecular flexibility index (Phi) is 7.98. The van der Waals surface area contributed by atoms with Crippen molar-refractivity contribution in [1.82, 2.24) is 0 Å². The first-order valence-corrected chi connectivity index (χ1v) is 13.3. The molecule has 0 aliphatic rings. The molecule has 0 aliphatic carbocycles. The molecule has 0 fully saturated rings. The van der Waals surface area contributed by atoms with Gasteiger partial charge in [0.2, 0.25) is 0 Å². The van der Waals surface area contributed by atoms with Gasteiger partial charge >= 0.3 is 0 Å². The van der Waals surface area contributed by atoms with Gasteiger partial charge in [0.15, 0.2) is 0 Å². The summed E-state index contributed by atoms with van der Waals surface area (Å²) in [6, 6.07) is 17.3.